The van der Waals surface area contributed by atoms with Gasteiger partial charge in [0.2, 0.25) is 5.88 Å². The number of benzene rings is 2. The van der Waals surface area contributed by atoms with Crippen LogP contribution in [0.15, 0.2) is 60.7 Å². The highest BCUT2D eigenvalue weighted by Gasteiger charge is 2.25. The molecule has 5 nitrogen and oxygen atoms in total. The number of nitrogens with one attached hydrogen (secondary N) is 1. The monoisotopic (exact) mass is 489 g/mol. The minimum atomic E-state index is 0. The van der Waals surface area contributed by atoms with Crippen molar-refractivity contribution >= 4 is 24.8 Å². The molecule has 3 aromatic rings. The molecular weight excluding hydrogens is 457 g/mol. The van der Waals surface area contributed by atoms with Crippen LogP contribution in [0.2, 0.25) is 0 Å². The second kappa shape index (κ2) is 13.4. The molecule has 0 radical (unpaired) electrons. The maximum Gasteiger partial charge on any atom is 0.234 e. The van der Waals surface area contributed by atoms with Crippen LogP contribution in [-0.2, 0) is 13.0 Å². The van der Waals surface area contributed by atoms with Crippen molar-refractivity contribution in [2.45, 2.75) is 45.8 Å². The number of ether oxygens (including phenoxy) is 2. The number of aryl methyl sites for hydroxylation is 1. The topological polar surface area (TPSA) is 56.3 Å². The summed E-state index contributed by atoms with van der Waals surface area (Å²) in [6.45, 7) is 6.86. The molecule has 2 heterocycles. The van der Waals surface area contributed by atoms with E-state index in [1.54, 1.807) is 0 Å². The zero-order valence-electron chi connectivity index (χ0n) is 19.2. The number of nitrogens with zero attached hydrogens (tertiary/aromatic N) is 2. The van der Waals surface area contributed by atoms with Crippen LogP contribution in [0, 0.1) is 5.92 Å². The number of unbranched alkanes of at least 4 members (excludes halogenated alkanes) is 1. The van der Waals surface area contributed by atoms with Crippen molar-refractivity contribution in [3.05, 3.63) is 71.9 Å². The van der Waals surface area contributed by atoms with Crippen molar-refractivity contribution in [1.29, 1.82) is 0 Å². The van der Waals surface area contributed by atoms with E-state index in [9.17, 15) is 0 Å². The summed E-state index contributed by atoms with van der Waals surface area (Å²) >= 11 is 0. The molecule has 1 fully saturated rings. The van der Waals surface area contributed by atoms with Crippen LogP contribution in [0.1, 0.15) is 37.9 Å². The van der Waals surface area contributed by atoms with E-state index in [4.69, 9.17) is 9.47 Å². The lowest BCUT2D eigenvalue weighted by atomic mass is 9.97. The molecule has 1 aromatic heterocycles. The summed E-state index contributed by atoms with van der Waals surface area (Å²) in [6, 6.07) is 20.5. The number of halogens is 2. The molecule has 1 unspecified atom stereocenters. The van der Waals surface area contributed by atoms with Gasteiger partial charge >= 0.3 is 0 Å². The average Bonchev–Trinajstić information content (AvgIpc) is 2.76. The summed E-state index contributed by atoms with van der Waals surface area (Å²) in [5, 5.41) is 12.2. The third-order valence-corrected chi connectivity index (χ3v) is 5.81. The van der Waals surface area contributed by atoms with Crippen molar-refractivity contribution in [3.8, 4) is 22.8 Å². The zero-order chi connectivity index (χ0) is 21.5. The highest BCUT2D eigenvalue weighted by Crippen LogP contribution is 2.29. The van der Waals surface area contributed by atoms with Gasteiger partial charge in [0.05, 0.1) is 5.69 Å². The Bertz CT molecular complexity index is 967. The predicted octanol–water partition coefficient (Wildman–Crippen LogP) is 5.90. The van der Waals surface area contributed by atoms with Crippen molar-refractivity contribution in [1.82, 2.24) is 15.5 Å². The van der Waals surface area contributed by atoms with Crippen LogP contribution in [0.25, 0.3) is 11.1 Å². The fourth-order valence-electron chi connectivity index (χ4n) is 3.64. The number of rotatable bonds is 10. The fourth-order valence-corrected chi connectivity index (χ4v) is 3.64. The average molecular weight is 490 g/mol. The molecule has 0 bridgehead atoms. The quantitative estimate of drug-likeness (QED) is 0.384. The Morgan fingerprint density at radius 2 is 1.73 bits per heavy atom. The number of hydrogen-bond acceptors (Lipinski definition) is 5. The molecule has 33 heavy (non-hydrogen) atoms. The number of aromatic nitrogens is 2. The first-order valence-electron chi connectivity index (χ1n) is 11.2. The standard InChI is InChI=1S/C26H31N3O2.2ClH/c1-3-4-10-25-24(15-26(29-28-25)31-19(2)22-16-27-17-22)21-11-13-23(14-12-21)30-18-20-8-6-5-7-9-20;;/h5-9,11-15,19,22,27H,3-4,10,16-18H2,1-2H3;2*1H. The molecule has 1 aliphatic rings. The molecule has 0 saturated carbocycles. The van der Waals surface area contributed by atoms with Gasteiger partial charge in [-0.3, -0.25) is 0 Å². The summed E-state index contributed by atoms with van der Waals surface area (Å²) in [7, 11) is 0. The minimum Gasteiger partial charge on any atom is -0.489 e. The van der Waals surface area contributed by atoms with Gasteiger partial charge in [-0.15, -0.1) is 29.9 Å². The first-order chi connectivity index (χ1) is 15.2. The van der Waals surface area contributed by atoms with Gasteiger partial charge in [0.25, 0.3) is 0 Å². The van der Waals surface area contributed by atoms with Crippen molar-refractivity contribution < 1.29 is 9.47 Å². The van der Waals surface area contributed by atoms with Crippen LogP contribution < -0.4 is 14.8 Å². The molecule has 0 amide bonds. The Labute approximate surface area is 209 Å². The van der Waals surface area contributed by atoms with Crippen LogP contribution in [0.4, 0.5) is 0 Å². The van der Waals surface area contributed by atoms with Gasteiger partial charge in [0.1, 0.15) is 18.5 Å². The summed E-state index contributed by atoms with van der Waals surface area (Å²) in [4.78, 5) is 0. The Morgan fingerprint density at radius 3 is 2.36 bits per heavy atom. The first kappa shape index (κ1) is 26.9. The van der Waals surface area contributed by atoms with Gasteiger partial charge in [-0.25, -0.2) is 0 Å². The van der Waals surface area contributed by atoms with E-state index in [-0.39, 0.29) is 30.9 Å². The van der Waals surface area contributed by atoms with Crippen molar-refractivity contribution in [2.75, 3.05) is 13.1 Å². The van der Waals surface area contributed by atoms with Gasteiger partial charge < -0.3 is 14.8 Å². The summed E-state index contributed by atoms with van der Waals surface area (Å²) < 4.78 is 12.1. The molecule has 1 atom stereocenters. The zero-order valence-corrected chi connectivity index (χ0v) is 20.8. The van der Waals surface area contributed by atoms with Gasteiger partial charge in [0, 0.05) is 30.6 Å². The van der Waals surface area contributed by atoms with E-state index < -0.39 is 0 Å². The second-order valence-corrected chi connectivity index (χ2v) is 8.19. The highest BCUT2D eigenvalue weighted by atomic mass is 35.5. The normalized spacial score (nSPS) is 13.8. The van der Waals surface area contributed by atoms with E-state index in [1.807, 2.05) is 36.4 Å². The lowest BCUT2D eigenvalue weighted by molar-refractivity contribution is 0.109. The first-order valence-corrected chi connectivity index (χ1v) is 11.2. The third kappa shape index (κ3) is 7.32. The Kier molecular flexibility index (Phi) is 10.9. The van der Waals surface area contributed by atoms with Crippen LogP contribution in [-0.4, -0.2) is 29.4 Å². The lowest BCUT2D eigenvalue weighted by Gasteiger charge is -2.32. The molecule has 1 aliphatic heterocycles. The van der Waals surface area contributed by atoms with Gasteiger partial charge in [-0.1, -0.05) is 55.8 Å². The maximum absolute atomic E-state index is 6.11. The Morgan fingerprint density at radius 1 is 1.00 bits per heavy atom. The lowest BCUT2D eigenvalue weighted by Crippen LogP contribution is -2.49. The van der Waals surface area contributed by atoms with E-state index in [2.05, 4.69) is 53.6 Å². The van der Waals surface area contributed by atoms with Gasteiger partial charge in [-0.05, 0) is 43.0 Å². The molecule has 0 aliphatic carbocycles. The molecule has 1 saturated heterocycles. The molecule has 0 spiro atoms. The minimum absolute atomic E-state index is 0. The van der Waals surface area contributed by atoms with E-state index in [0.29, 0.717) is 18.4 Å². The molecule has 178 valence electrons. The van der Waals surface area contributed by atoms with Gasteiger partial charge in [-0.2, -0.15) is 5.10 Å². The molecular formula is C26H33Cl2N3O2. The maximum atomic E-state index is 6.11. The Balaban J connectivity index is 0.00000193. The Hall–Kier alpha value is -2.34. The van der Waals surface area contributed by atoms with Crippen molar-refractivity contribution in [2.24, 2.45) is 5.92 Å². The van der Waals surface area contributed by atoms with Crippen LogP contribution >= 0.6 is 24.8 Å². The number of hydrogen-bond donors (Lipinski definition) is 1. The van der Waals surface area contributed by atoms with E-state index >= 15 is 0 Å². The fraction of sp³-hybridized carbons (Fsp3) is 0.385. The van der Waals surface area contributed by atoms with Crippen LogP contribution in [0.5, 0.6) is 11.6 Å². The van der Waals surface area contributed by atoms with Crippen LogP contribution in [0.3, 0.4) is 0 Å². The van der Waals surface area contributed by atoms with Crippen molar-refractivity contribution in [3.63, 3.8) is 0 Å². The van der Waals surface area contributed by atoms with Gasteiger partial charge in [0.15, 0.2) is 0 Å². The molecule has 7 heteroatoms. The SMILES string of the molecule is CCCCc1nnc(OC(C)C2CNC2)cc1-c1ccc(OCc2ccccc2)cc1.Cl.Cl. The molecule has 4 rings (SSSR count). The highest BCUT2D eigenvalue weighted by molar-refractivity contribution is 5.85. The largest absolute Gasteiger partial charge is 0.489 e. The third-order valence-electron chi connectivity index (χ3n) is 5.81. The smallest absolute Gasteiger partial charge is 0.234 e. The van der Waals surface area contributed by atoms with E-state index in [1.165, 1.54) is 0 Å². The summed E-state index contributed by atoms with van der Waals surface area (Å²) in [5.74, 6) is 1.98. The summed E-state index contributed by atoms with van der Waals surface area (Å²) in [6.07, 6.45) is 3.24. The molecule has 2 aromatic carbocycles. The van der Waals surface area contributed by atoms with E-state index in [0.717, 1.165) is 60.5 Å². The second-order valence-electron chi connectivity index (χ2n) is 8.19. The predicted molar refractivity (Wildman–Crippen MR) is 138 cm³/mol. The summed E-state index contributed by atoms with van der Waals surface area (Å²) in [5.41, 5.74) is 4.37. The molecule has 1 N–H and O–H groups in total.